The third-order valence-corrected chi connectivity index (χ3v) is 11.2. The van der Waals surface area contributed by atoms with Crippen molar-refractivity contribution in [3.05, 3.63) is 78.4 Å². The number of hydrogen-bond acceptors (Lipinski definition) is 7. The van der Waals surface area contributed by atoms with Crippen LogP contribution in [-0.2, 0) is 23.3 Å². The second kappa shape index (κ2) is 12.2. The SMILES string of the molecule is N#CCC1c2c(cc(N3CCCC4(CC4)C3=O)c(O)c2F)CN1C(=O)c1c(Sc2c(Cl)ccc(CO)c2Cl)cc(C(F)(F)Cl)[nH]c1=O. The van der Waals surface area contributed by atoms with Crippen LogP contribution in [0.5, 0.6) is 5.75 Å². The van der Waals surface area contributed by atoms with Crippen molar-refractivity contribution in [2.75, 3.05) is 11.4 Å². The summed E-state index contributed by atoms with van der Waals surface area (Å²) in [6.45, 7) is -0.578. The van der Waals surface area contributed by atoms with E-state index in [1.165, 1.54) is 23.1 Å². The first-order valence-electron chi connectivity index (χ1n) is 14.4. The van der Waals surface area contributed by atoms with E-state index in [1.807, 2.05) is 11.1 Å². The van der Waals surface area contributed by atoms with Crippen LogP contribution in [0.2, 0.25) is 10.0 Å². The van der Waals surface area contributed by atoms with E-state index in [4.69, 9.17) is 34.8 Å². The average Bonchev–Trinajstić information content (AvgIpc) is 3.70. The quantitative estimate of drug-likeness (QED) is 0.224. The Labute approximate surface area is 284 Å². The van der Waals surface area contributed by atoms with Crippen molar-refractivity contribution in [3.8, 4) is 11.8 Å². The van der Waals surface area contributed by atoms with Crippen molar-refractivity contribution < 1.29 is 33.0 Å². The van der Waals surface area contributed by atoms with Crippen molar-refractivity contribution in [2.45, 2.75) is 66.5 Å². The van der Waals surface area contributed by atoms with E-state index < -0.39 is 64.2 Å². The zero-order valence-electron chi connectivity index (χ0n) is 24.2. The number of halogens is 6. The summed E-state index contributed by atoms with van der Waals surface area (Å²) in [5.41, 5.74) is -3.26. The van der Waals surface area contributed by atoms with Crippen molar-refractivity contribution in [3.63, 3.8) is 0 Å². The van der Waals surface area contributed by atoms with E-state index in [0.29, 0.717) is 37.4 Å². The maximum absolute atomic E-state index is 16.0. The molecule has 6 rings (SSSR count). The first kappa shape index (κ1) is 33.5. The standard InChI is InChI=1S/C31H24Cl3F3N4O5S/c32-16-3-2-14(13-42)23(33)26(16)47-19-11-20(31(34,36)37)39-27(44)22(19)28(45)41-12-15-10-18(25(43)24(35)21(15)17(41)4-8-38)40-9-1-5-30(6-7-30)29(40)46/h2-3,10-11,17,42-43H,1,4-7,9,12-13H2,(H,39,44). The van der Waals surface area contributed by atoms with E-state index in [0.717, 1.165) is 11.0 Å². The molecular formula is C31H24Cl3F3N4O5S. The van der Waals surface area contributed by atoms with E-state index in [2.05, 4.69) is 0 Å². The fourth-order valence-electron chi connectivity index (χ4n) is 6.28. The highest BCUT2D eigenvalue weighted by Crippen LogP contribution is 2.55. The van der Waals surface area contributed by atoms with Gasteiger partial charge >= 0.3 is 5.38 Å². The molecule has 16 heteroatoms. The molecule has 2 amide bonds. The Morgan fingerprint density at radius 1 is 1.21 bits per heavy atom. The van der Waals surface area contributed by atoms with Crippen LogP contribution in [0.25, 0.3) is 0 Å². The minimum absolute atomic E-state index is 0.0244. The van der Waals surface area contributed by atoms with Crippen LogP contribution in [0, 0.1) is 22.6 Å². The van der Waals surface area contributed by atoms with Gasteiger partial charge in [-0.05, 0) is 66.6 Å². The van der Waals surface area contributed by atoms with E-state index in [-0.39, 0.29) is 61.2 Å². The van der Waals surface area contributed by atoms with Crippen molar-refractivity contribution in [1.29, 1.82) is 5.26 Å². The number of rotatable bonds is 7. The molecule has 9 nitrogen and oxygen atoms in total. The summed E-state index contributed by atoms with van der Waals surface area (Å²) < 4.78 is 44.5. The fraction of sp³-hybridized carbons (Fsp3) is 0.355. The number of phenolic OH excluding ortho intramolecular Hbond substituents is 1. The molecule has 246 valence electrons. The molecular weight excluding hydrogens is 704 g/mol. The number of aliphatic hydroxyl groups is 1. The van der Waals surface area contributed by atoms with Gasteiger partial charge in [0.1, 0.15) is 11.3 Å². The van der Waals surface area contributed by atoms with Gasteiger partial charge in [-0.2, -0.15) is 14.0 Å². The smallest absolute Gasteiger partial charge is 0.362 e. The van der Waals surface area contributed by atoms with Crippen LogP contribution in [-0.4, -0.2) is 38.5 Å². The van der Waals surface area contributed by atoms with Gasteiger partial charge in [0.15, 0.2) is 11.6 Å². The first-order valence-corrected chi connectivity index (χ1v) is 16.3. The summed E-state index contributed by atoms with van der Waals surface area (Å²) in [5.74, 6) is -3.18. The third kappa shape index (κ3) is 5.74. The minimum Gasteiger partial charge on any atom is -0.503 e. The Hall–Kier alpha value is -3.41. The number of alkyl halides is 3. The maximum Gasteiger partial charge on any atom is 0.362 e. The zero-order valence-corrected chi connectivity index (χ0v) is 27.3. The normalized spacial score (nSPS) is 18.4. The third-order valence-electron chi connectivity index (χ3n) is 8.85. The van der Waals surface area contributed by atoms with Gasteiger partial charge in [0.2, 0.25) is 5.91 Å². The molecule has 3 aliphatic rings. The number of anilines is 1. The fourth-order valence-corrected chi connectivity index (χ4v) is 8.11. The van der Waals surface area contributed by atoms with Crippen LogP contribution in [0.1, 0.15) is 70.9 Å². The Bertz CT molecular complexity index is 1940. The van der Waals surface area contributed by atoms with Crippen LogP contribution < -0.4 is 10.5 Å². The van der Waals surface area contributed by atoms with Gasteiger partial charge < -0.3 is 25.0 Å². The molecule has 0 bridgehead atoms. The molecule has 47 heavy (non-hydrogen) atoms. The zero-order chi connectivity index (χ0) is 34.0. The molecule has 2 aromatic carbocycles. The number of carbonyl (C=O) groups is 2. The topological polar surface area (TPSA) is 138 Å². The highest BCUT2D eigenvalue weighted by molar-refractivity contribution is 7.99. The number of hydrogen-bond donors (Lipinski definition) is 3. The summed E-state index contributed by atoms with van der Waals surface area (Å²) in [5, 5.41) is 26.2. The Morgan fingerprint density at radius 2 is 1.94 bits per heavy atom. The number of benzene rings is 2. The molecule has 1 saturated heterocycles. The number of piperidine rings is 1. The largest absolute Gasteiger partial charge is 0.503 e. The number of aromatic nitrogens is 1. The van der Waals surface area contributed by atoms with Gasteiger partial charge in [-0.3, -0.25) is 14.4 Å². The highest BCUT2D eigenvalue weighted by atomic mass is 35.5. The predicted octanol–water partition coefficient (Wildman–Crippen LogP) is 6.98. The molecule has 2 aliphatic heterocycles. The van der Waals surface area contributed by atoms with Gasteiger partial charge in [-0.15, -0.1) is 0 Å². The lowest BCUT2D eigenvalue weighted by atomic mass is 9.92. The molecule has 3 N–H and O–H groups in total. The highest BCUT2D eigenvalue weighted by Gasteiger charge is 2.54. The number of aromatic hydroxyl groups is 1. The molecule has 1 unspecified atom stereocenters. The Balaban J connectivity index is 1.44. The molecule has 0 radical (unpaired) electrons. The number of aromatic amines is 1. The Morgan fingerprint density at radius 3 is 2.57 bits per heavy atom. The predicted molar refractivity (Wildman–Crippen MR) is 167 cm³/mol. The first-order chi connectivity index (χ1) is 22.2. The molecule has 3 aromatic rings. The lowest BCUT2D eigenvalue weighted by Crippen LogP contribution is -2.42. The molecule has 1 aliphatic carbocycles. The van der Waals surface area contributed by atoms with E-state index in [9.17, 15) is 38.6 Å². The maximum atomic E-state index is 16.0. The molecule has 1 aromatic heterocycles. The van der Waals surface area contributed by atoms with Gasteiger partial charge in [0, 0.05) is 33.9 Å². The lowest BCUT2D eigenvalue weighted by Gasteiger charge is -2.33. The number of pyridine rings is 1. The van der Waals surface area contributed by atoms with Gasteiger partial charge in [0.25, 0.3) is 11.5 Å². The van der Waals surface area contributed by atoms with Crippen molar-refractivity contribution >= 4 is 64.1 Å². The summed E-state index contributed by atoms with van der Waals surface area (Å²) >= 11 is 18.6. The number of H-pyrrole nitrogens is 1. The summed E-state index contributed by atoms with van der Waals surface area (Å²) in [7, 11) is 0. The van der Waals surface area contributed by atoms with Crippen LogP contribution in [0.4, 0.5) is 18.9 Å². The number of amides is 2. The number of nitrogens with one attached hydrogen (secondary N) is 1. The number of carbonyl (C=O) groups excluding carboxylic acids is 2. The number of phenols is 1. The average molecular weight is 728 g/mol. The molecule has 1 atom stereocenters. The van der Waals surface area contributed by atoms with Crippen molar-refractivity contribution in [1.82, 2.24) is 9.88 Å². The van der Waals surface area contributed by atoms with Gasteiger partial charge in [-0.1, -0.05) is 41.0 Å². The molecule has 2 fully saturated rings. The van der Waals surface area contributed by atoms with E-state index >= 15 is 4.39 Å². The monoisotopic (exact) mass is 726 g/mol. The van der Waals surface area contributed by atoms with Crippen molar-refractivity contribution in [2.24, 2.45) is 5.41 Å². The lowest BCUT2D eigenvalue weighted by molar-refractivity contribution is -0.125. The van der Waals surface area contributed by atoms with Gasteiger partial charge in [-0.25, -0.2) is 4.39 Å². The van der Waals surface area contributed by atoms with Crippen LogP contribution in [0.3, 0.4) is 0 Å². The summed E-state index contributed by atoms with van der Waals surface area (Å²) in [6, 6.07) is 5.62. The second-order valence-electron chi connectivity index (χ2n) is 11.6. The minimum atomic E-state index is -4.05. The number of nitrogens with zero attached hydrogens (tertiary/aromatic N) is 3. The van der Waals surface area contributed by atoms with Gasteiger partial charge in [0.05, 0.1) is 40.9 Å². The number of fused-ring (bicyclic) bond motifs is 1. The summed E-state index contributed by atoms with van der Waals surface area (Å²) in [6.07, 6.45) is 2.31. The number of nitriles is 1. The van der Waals surface area contributed by atoms with Crippen LogP contribution in [0.15, 0.2) is 38.9 Å². The number of aliphatic hydroxyl groups excluding tert-OH is 1. The molecule has 1 saturated carbocycles. The second-order valence-corrected chi connectivity index (χ2v) is 14.0. The van der Waals surface area contributed by atoms with Crippen LogP contribution >= 0.6 is 46.6 Å². The Kier molecular flexibility index (Phi) is 8.72. The van der Waals surface area contributed by atoms with E-state index in [1.54, 1.807) is 0 Å². The summed E-state index contributed by atoms with van der Waals surface area (Å²) in [4.78, 5) is 44.9. The molecule has 3 heterocycles. The molecule has 1 spiro atoms.